The molecule has 16 heavy (non-hydrogen) atoms. The first-order valence-electron chi connectivity index (χ1n) is 4.55. The Labute approximate surface area is 103 Å². The molecule has 2 nitrogen and oxygen atoms in total. The van der Waals surface area contributed by atoms with Gasteiger partial charge in [-0.1, -0.05) is 35.3 Å². The van der Waals surface area contributed by atoms with Gasteiger partial charge in [-0.15, -0.1) is 0 Å². The van der Waals surface area contributed by atoms with Crippen LogP contribution in [0.25, 0.3) is 11.1 Å². The molecule has 82 valence electrons. The van der Waals surface area contributed by atoms with Crippen molar-refractivity contribution in [1.29, 1.82) is 0 Å². The second-order valence-corrected chi connectivity index (χ2v) is 4.20. The summed E-state index contributed by atoms with van der Waals surface area (Å²) in [6.45, 7) is 0. The van der Waals surface area contributed by atoms with E-state index in [0.29, 0.717) is 21.2 Å². The Bertz CT molecular complexity index is 518. The molecule has 0 fully saturated rings. The zero-order valence-corrected chi connectivity index (χ0v) is 9.63. The van der Waals surface area contributed by atoms with E-state index >= 15 is 0 Å². The normalized spacial score (nSPS) is 10.4. The van der Waals surface area contributed by atoms with E-state index in [1.165, 1.54) is 6.07 Å². The third-order valence-corrected chi connectivity index (χ3v) is 2.62. The van der Waals surface area contributed by atoms with E-state index in [2.05, 4.69) is 0 Å². The Morgan fingerprint density at radius 2 is 1.50 bits per heavy atom. The molecule has 0 aromatic heterocycles. The van der Waals surface area contributed by atoms with E-state index in [9.17, 15) is 10.2 Å². The van der Waals surface area contributed by atoms with Crippen molar-refractivity contribution < 1.29 is 10.2 Å². The van der Waals surface area contributed by atoms with Crippen molar-refractivity contribution in [2.24, 2.45) is 0 Å². The molecule has 0 amide bonds. The van der Waals surface area contributed by atoms with Crippen LogP contribution in [-0.4, -0.2) is 10.2 Å². The zero-order valence-electron chi connectivity index (χ0n) is 8.11. The molecule has 4 heteroatoms. The molecular weight excluding hydrogens is 247 g/mol. The highest BCUT2D eigenvalue weighted by Crippen LogP contribution is 2.37. The number of para-hydroxylation sites is 1. The summed E-state index contributed by atoms with van der Waals surface area (Å²) in [7, 11) is 0. The van der Waals surface area contributed by atoms with Crippen LogP contribution in [0.1, 0.15) is 0 Å². The maximum Gasteiger partial charge on any atom is 0.165 e. The summed E-state index contributed by atoms with van der Waals surface area (Å²) in [6, 6.07) is 9.66. The Balaban J connectivity index is 2.63. The van der Waals surface area contributed by atoms with Crippen molar-refractivity contribution in [3.05, 3.63) is 46.4 Å². The molecular formula is C12H8Cl2O2. The smallest absolute Gasteiger partial charge is 0.165 e. The fraction of sp³-hybridized carbons (Fsp3) is 0. The van der Waals surface area contributed by atoms with Gasteiger partial charge >= 0.3 is 0 Å². The van der Waals surface area contributed by atoms with Crippen LogP contribution in [-0.2, 0) is 0 Å². The number of hydrogen-bond acceptors (Lipinski definition) is 2. The second kappa shape index (κ2) is 4.24. The number of phenolic OH excluding ortho intramolecular Hbond substituents is 2. The van der Waals surface area contributed by atoms with Crippen molar-refractivity contribution in [3.8, 4) is 22.6 Å². The van der Waals surface area contributed by atoms with E-state index < -0.39 is 0 Å². The summed E-state index contributed by atoms with van der Waals surface area (Å²) in [5.41, 5.74) is 1.15. The summed E-state index contributed by atoms with van der Waals surface area (Å²) in [4.78, 5) is 0. The van der Waals surface area contributed by atoms with Crippen molar-refractivity contribution in [2.75, 3.05) is 0 Å². The molecule has 2 N–H and O–H groups in total. The number of hydrogen-bond donors (Lipinski definition) is 2. The standard InChI is InChI=1S/C12H8Cl2O2/c13-8-4-7(5-9(14)6-8)10-2-1-3-11(15)12(10)16/h1-6,15-16H. The van der Waals surface area contributed by atoms with E-state index in [0.717, 1.165) is 0 Å². The van der Waals surface area contributed by atoms with Crippen LogP contribution in [0, 0.1) is 0 Å². The molecule has 0 saturated heterocycles. The molecule has 2 aromatic carbocycles. The Morgan fingerprint density at radius 3 is 2.12 bits per heavy atom. The fourth-order valence-corrected chi connectivity index (χ4v) is 2.00. The molecule has 0 aliphatic carbocycles. The molecule has 2 rings (SSSR count). The van der Waals surface area contributed by atoms with E-state index in [1.54, 1.807) is 30.3 Å². The van der Waals surface area contributed by atoms with Gasteiger partial charge in [0.25, 0.3) is 0 Å². The van der Waals surface area contributed by atoms with Gasteiger partial charge in [0.05, 0.1) is 0 Å². The van der Waals surface area contributed by atoms with Crippen LogP contribution < -0.4 is 0 Å². The first-order chi connectivity index (χ1) is 7.58. The van der Waals surface area contributed by atoms with Crippen molar-refractivity contribution >= 4 is 23.2 Å². The molecule has 0 unspecified atom stereocenters. The predicted octanol–water partition coefficient (Wildman–Crippen LogP) is 4.07. The van der Waals surface area contributed by atoms with Gasteiger partial charge in [-0.05, 0) is 29.8 Å². The van der Waals surface area contributed by atoms with Crippen LogP contribution in [0.15, 0.2) is 36.4 Å². The molecule has 0 radical (unpaired) electrons. The van der Waals surface area contributed by atoms with E-state index in [-0.39, 0.29) is 11.5 Å². The summed E-state index contributed by atoms with van der Waals surface area (Å²) >= 11 is 11.7. The Morgan fingerprint density at radius 1 is 0.875 bits per heavy atom. The summed E-state index contributed by atoms with van der Waals surface area (Å²) in [5.74, 6) is -0.352. The largest absolute Gasteiger partial charge is 0.504 e. The lowest BCUT2D eigenvalue weighted by Crippen LogP contribution is -1.80. The van der Waals surface area contributed by atoms with E-state index in [1.807, 2.05) is 0 Å². The maximum atomic E-state index is 9.70. The number of phenols is 2. The van der Waals surface area contributed by atoms with Crippen LogP contribution in [0.2, 0.25) is 10.0 Å². The van der Waals surface area contributed by atoms with Gasteiger partial charge in [0.2, 0.25) is 0 Å². The van der Waals surface area contributed by atoms with Gasteiger partial charge in [-0.25, -0.2) is 0 Å². The number of rotatable bonds is 1. The summed E-state index contributed by atoms with van der Waals surface area (Å²) in [6.07, 6.45) is 0. The Kier molecular flexibility index (Phi) is 2.95. The average molecular weight is 255 g/mol. The minimum Gasteiger partial charge on any atom is -0.504 e. The fourth-order valence-electron chi connectivity index (χ4n) is 1.47. The van der Waals surface area contributed by atoms with Crippen LogP contribution in [0.5, 0.6) is 11.5 Å². The lowest BCUT2D eigenvalue weighted by Gasteiger charge is -2.07. The zero-order chi connectivity index (χ0) is 11.7. The minimum absolute atomic E-state index is 0.173. The van der Waals surface area contributed by atoms with Crippen molar-refractivity contribution in [1.82, 2.24) is 0 Å². The highest BCUT2D eigenvalue weighted by Gasteiger charge is 2.09. The first-order valence-corrected chi connectivity index (χ1v) is 5.31. The van der Waals surface area contributed by atoms with Crippen molar-refractivity contribution in [3.63, 3.8) is 0 Å². The quantitative estimate of drug-likeness (QED) is 0.754. The predicted molar refractivity (Wildman–Crippen MR) is 65.2 cm³/mol. The molecule has 2 aromatic rings. The van der Waals surface area contributed by atoms with Gasteiger partial charge in [-0.3, -0.25) is 0 Å². The molecule has 0 aliphatic rings. The van der Waals surface area contributed by atoms with E-state index in [4.69, 9.17) is 23.2 Å². The number of aromatic hydroxyl groups is 2. The van der Waals surface area contributed by atoms with Gasteiger partial charge in [0.15, 0.2) is 11.5 Å². The SMILES string of the molecule is Oc1cccc(-c2cc(Cl)cc(Cl)c2)c1O. The summed E-state index contributed by atoms with van der Waals surface area (Å²) in [5, 5.41) is 20.0. The highest BCUT2D eigenvalue weighted by atomic mass is 35.5. The lowest BCUT2D eigenvalue weighted by molar-refractivity contribution is 0.405. The minimum atomic E-state index is -0.180. The van der Waals surface area contributed by atoms with Gasteiger partial charge in [-0.2, -0.15) is 0 Å². The lowest BCUT2D eigenvalue weighted by atomic mass is 10.0. The first kappa shape index (κ1) is 11.1. The van der Waals surface area contributed by atoms with Crippen molar-refractivity contribution in [2.45, 2.75) is 0 Å². The monoisotopic (exact) mass is 254 g/mol. The molecule has 0 saturated carbocycles. The van der Waals surface area contributed by atoms with Crippen LogP contribution in [0.3, 0.4) is 0 Å². The Hall–Kier alpha value is -1.38. The third kappa shape index (κ3) is 2.08. The van der Waals surface area contributed by atoms with Gasteiger partial charge in [0.1, 0.15) is 0 Å². The van der Waals surface area contributed by atoms with Crippen LogP contribution >= 0.6 is 23.2 Å². The molecule has 0 aliphatic heterocycles. The number of halogens is 2. The third-order valence-electron chi connectivity index (χ3n) is 2.19. The topological polar surface area (TPSA) is 40.5 Å². The molecule has 0 atom stereocenters. The molecule has 0 spiro atoms. The molecule has 0 heterocycles. The molecule has 0 bridgehead atoms. The highest BCUT2D eigenvalue weighted by molar-refractivity contribution is 6.35. The second-order valence-electron chi connectivity index (χ2n) is 3.33. The van der Waals surface area contributed by atoms with Gasteiger partial charge in [0, 0.05) is 15.6 Å². The maximum absolute atomic E-state index is 9.70. The van der Waals surface area contributed by atoms with Gasteiger partial charge < -0.3 is 10.2 Å². The number of benzene rings is 2. The average Bonchev–Trinajstić information content (AvgIpc) is 2.20. The summed E-state index contributed by atoms with van der Waals surface area (Å²) < 4.78 is 0. The van der Waals surface area contributed by atoms with Crippen LogP contribution in [0.4, 0.5) is 0 Å².